The number of halogens is 1. The smallest absolute Gasteiger partial charge is 0.307 e. The molecule has 3 nitrogen and oxygen atoms in total. The number of hydrogen-bond acceptors (Lipinski definition) is 2. The lowest BCUT2D eigenvalue weighted by Gasteiger charge is -2.10. The molecule has 0 unspecified atom stereocenters. The van der Waals surface area contributed by atoms with Crippen molar-refractivity contribution < 1.29 is 4.79 Å². The van der Waals surface area contributed by atoms with E-state index in [2.05, 4.69) is 39.2 Å². The number of carbonyl (C=O) groups is 1. The highest BCUT2D eigenvalue weighted by atomic mass is 79.9. The van der Waals surface area contributed by atoms with Gasteiger partial charge in [0.05, 0.1) is 11.4 Å². The Morgan fingerprint density at radius 3 is 2.47 bits per heavy atom. The van der Waals surface area contributed by atoms with Crippen LogP contribution in [-0.2, 0) is 0 Å². The Balaban J connectivity index is 2.08. The van der Waals surface area contributed by atoms with Gasteiger partial charge in [0.25, 0.3) is 0 Å². The third-order valence-corrected chi connectivity index (χ3v) is 3.57. The molecule has 19 heavy (non-hydrogen) atoms. The van der Waals surface area contributed by atoms with Gasteiger partial charge in [-0.3, -0.25) is 0 Å². The van der Waals surface area contributed by atoms with Crippen LogP contribution in [0.3, 0.4) is 0 Å². The first-order chi connectivity index (χ1) is 9.06. The Morgan fingerprint density at radius 2 is 1.79 bits per heavy atom. The molecule has 0 spiro atoms. The van der Waals surface area contributed by atoms with Crippen molar-refractivity contribution in [3.63, 3.8) is 0 Å². The molecule has 2 aromatic carbocycles. The van der Waals surface area contributed by atoms with Gasteiger partial charge in [0, 0.05) is 9.37 Å². The van der Waals surface area contributed by atoms with Crippen molar-refractivity contribution in [1.29, 1.82) is 0 Å². The summed E-state index contributed by atoms with van der Waals surface area (Å²) in [5.74, 6) is 0. The fourth-order valence-corrected chi connectivity index (χ4v) is 2.39. The van der Waals surface area contributed by atoms with E-state index in [4.69, 9.17) is 0 Å². The van der Waals surface area contributed by atoms with Gasteiger partial charge in [0.1, 0.15) is 0 Å². The highest BCUT2D eigenvalue weighted by Gasteiger charge is 2.07. The van der Waals surface area contributed by atoms with E-state index < -0.39 is 0 Å². The number of benzene rings is 2. The summed E-state index contributed by atoms with van der Waals surface area (Å²) in [7, 11) is 0. The van der Waals surface area contributed by atoms with Crippen LogP contribution in [0.2, 0.25) is 0 Å². The van der Waals surface area contributed by atoms with E-state index in [9.17, 15) is 4.79 Å². The largest absolute Gasteiger partial charge is 0.323 e. The summed E-state index contributed by atoms with van der Waals surface area (Å²) in [6.07, 6.45) is 0. The Morgan fingerprint density at radius 1 is 1.11 bits per heavy atom. The molecule has 0 aliphatic rings. The quantitative estimate of drug-likeness (QED) is 0.684. The average molecular weight is 337 g/mol. The van der Waals surface area contributed by atoms with E-state index >= 15 is 0 Å². The summed E-state index contributed by atoms with van der Waals surface area (Å²) in [6, 6.07) is 12.8. The molecule has 2 aromatic rings. The molecule has 0 bridgehead atoms. The predicted molar refractivity (Wildman–Crippen MR) is 85.2 cm³/mol. The number of hydrogen-bond donors (Lipinski definition) is 3. The first kappa shape index (κ1) is 14.0. The summed E-state index contributed by atoms with van der Waals surface area (Å²) >= 11 is 7.70. The van der Waals surface area contributed by atoms with Crippen LogP contribution in [0, 0.1) is 6.92 Å². The molecule has 0 heterocycles. The maximum atomic E-state index is 11.9. The summed E-state index contributed by atoms with van der Waals surface area (Å²) in [5.41, 5.74) is 2.52. The molecule has 5 heteroatoms. The zero-order valence-corrected chi connectivity index (χ0v) is 12.8. The topological polar surface area (TPSA) is 41.1 Å². The van der Waals surface area contributed by atoms with Crippen LogP contribution in [0.25, 0.3) is 0 Å². The van der Waals surface area contributed by atoms with Crippen molar-refractivity contribution in [2.24, 2.45) is 0 Å². The molecule has 0 saturated carbocycles. The third kappa shape index (κ3) is 3.75. The molecule has 0 atom stereocenters. The van der Waals surface area contributed by atoms with Gasteiger partial charge in [0.15, 0.2) is 0 Å². The van der Waals surface area contributed by atoms with E-state index in [1.54, 1.807) is 6.07 Å². The molecule has 2 amide bonds. The monoisotopic (exact) mass is 336 g/mol. The first-order valence-corrected chi connectivity index (χ1v) is 6.92. The molecule has 0 fully saturated rings. The van der Waals surface area contributed by atoms with Gasteiger partial charge in [-0.15, -0.1) is 12.6 Å². The lowest BCUT2D eigenvalue weighted by molar-refractivity contribution is 0.262. The number of thiol groups is 1. The second-order valence-electron chi connectivity index (χ2n) is 4.08. The third-order valence-electron chi connectivity index (χ3n) is 2.53. The molecule has 2 N–H and O–H groups in total. The van der Waals surface area contributed by atoms with Crippen LogP contribution < -0.4 is 10.6 Å². The SMILES string of the molecule is Cc1ccc(NC(=O)Nc2ccccc2S)c(Br)c1. The second kappa shape index (κ2) is 6.12. The Bertz CT molecular complexity index is 616. The van der Waals surface area contributed by atoms with E-state index in [1.807, 2.05) is 43.3 Å². The number of para-hydroxylation sites is 1. The predicted octanol–water partition coefficient (Wildman–Crippen LogP) is 4.69. The number of anilines is 2. The number of carbonyl (C=O) groups excluding carboxylic acids is 1. The van der Waals surface area contributed by atoms with Gasteiger partial charge in [0.2, 0.25) is 0 Å². The summed E-state index contributed by atoms with van der Waals surface area (Å²) in [4.78, 5) is 12.6. The van der Waals surface area contributed by atoms with E-state index in [0.29, 0.717) is 5.69 Å². The normalized spacial score (nSPS) is 10.1. The molecule has 0 aromatic heterocycles. The minimum absolute atomic E-state index is 0.300. The second-order valence-corrected chi connectivity index (χ2v) is 5.42. The minimum Gasteiger partial charge on any atom is -0.307 e. The average Bonchev–Trinajstić information content (AvgIpc) is 2.36. The van der Waals surface area contributed by atoms with Crippen molar-refractivity contribution in [2.45, 2.75) is 11.8 Å². The molecule has 0 aliphatic heterocycles. The molecular weight excluding hydrogens is 324 g/mol. The fourth-order valence-electron chi connectivity index (χ4n) is 1.58. The highest BCUT2D eigenvalue weighted by molar-refractivity contribution is 9.10. The Kier molecular flexibility index (Phi) is 4.50. The fraction of sp³-hybridized carbons (Fsp3) is 0.0714. The zero-order chi connectivity index (χ0) is 13.8. The van der Waals surface area contributed by atoms with Gasteiger partial charge in [-0.25, -0.2) is 4.79 Å². The maximum absolute atomic E-state index is 11.9. The molecule has 98 valence electrons. The number of rotatable bonds is 2. The molecule has 0 saturated heterocycles. The van der Waals surface area contributed by atoms with Crippen LogP contribution in [-0.4, -0.2) is 6.03 Å². The molecule has 2 rings (SSSR count). The molecular formula is C14H13BrN2OS. The van der Waals surface area contributed by atoms with Crippen molar-refractivity contribution in [3.05, 3.63) is 52.5 Å². The summed E-state index contributed by atoms with van der Waals surface area (Å²) < 4.78 is 0.849. The van der Waals surface area contributed by atoms with Gasteiger partial charge in [-0.2, -0.15) is 0 Å². The number of urea groups is 1. The van der Waals surface area contributed by atoms with Crippen molar-refractivity contribution in [3.8, 4) is 0 Å². The number of nitrogens with one attached hydrogen (secondary N) is 2. The summed E-state index contributed by atoms with van der Waals surface area (Å²) in [5, 5.41) is 5.54. The van der Waals surface area contributed by atoms with Gasteiger partial charge >= 0.3 is 6.03 Å². The minimum atomic E-state index is -0.300. The first-order valence-electron chi connectivity index (χ1n) is 5.68. The Labute approximate surface area is 126 Å². The maximum Gasteiger partial charge on any atom is 0.323 e. The summed E-state index contributed by atoms with van der Waals surface area (Å²) in [6.45, 7) is 1.99. The van der Waals surface area contributed by atoms with E-state index in [0.717, 1.165) is 20.6 Å². The highest BCUT2D eigenvalue weighted by Crippen LogP contribution is 2.24. The van der Waals surface area contributed by atoms with Crippen molar-refractivity contribution in [1.82, 2.24) is 0 Å². The van der Waals surface area contributed by atoms with Crippen molar-refractivity contribution >= 4 is 46.0 Å². The van der Waals surface area contributed by atoms with E-state index in [-0.39, 0.29) is 6.03 Å². The van der Waals surface area contributed by atoms with Gasteiger partial charge in [-0.05, 0) is 52.7 Å². The molecule has 0 radical (unpaired) electrons. The number of aryl methyl sites for hydroxylation is 1. The lowest BCUT2D eigenvalue weighted by atomic mass is 10.2. The zero-order valence-electron chi connectivity index (χ0n) is 10.3. The van der Waals surface area contributed by atoms with Crippen LogP contribution in [0.4, 0.5) is 16.2 Å². The van der Waals surface area contributed by atoms with E-state index in [1.165, 1.54) is 0 Å². The molecule has 0 aliphatic carbocycles. The Hall–Kier alpha value is -1.46. The van der Waals surface area contributed by atoms with Crippen LogP contribution in [0.15, 0.2) is 51.8 Å². The van der Waals surface area contributed by atoms with Crippen molar-refractivity contribution in [2.75, 3.05) is 10.6 Å². The van der Waals surface area contributed by atoms with Gasteiger partial charge < -0.3 is 10.6 Å². The van der Waals surface area contributed by atoms with Crippen LogP contribution >= 0.6 is 28.6 Å². The number of amides is 2. The van der Waals surface area contributed by atoms with Crippen LogP contribution in [0.5, 0.6) is 0 Å². The standard InChI is InChI=1S/C14H13BrN2OS/c1-9-6-7-11(10(15)8-9)16-14(18)17-12-4-2-3-5-13(12)19/h2-8,19H,1H3,(H2,16,17,18). The lowest BCUT2D eigenvalue weighted by Crippen LogP contribution is -2.19. The van der Waals surface area contributed by atoms with Crippen LogP contribution in [0.1, 0.15) is 5.56 Å². The van der Waals surface area contributed by atoms with Gasteiger partial charge in [-0.1, -0.05) is 18.2 Å².